The standard InChI is InChI=1S/C11H10N2OS/c1-7-5-12-11(13-6-7)9(14)10-8(2)3-4-15-10/h3-6H,1-2H3. The van der Waals surface area contributed by atoms with E-state index in [0.29, 0.717) is 0 Å². The molecule has 0 aromatic carbocycles. The molecule has 0 saturated heterocycles. The van der Waals surface area contributed by atoms with Gasteiger partial charge in [0.2, 0.25) is 11.6 Å². The fourth-order valence-corrected chi connectivity index (χ4v) is 2.08. The van der Waals surface area contributed by atoms with Crippen LogP contribution in [0.3, 0.4) is 0 Å². The first-order valence-electron chi connectivity index (χ1n) is 4.56. The van der Waals surface area contributed by atoms with E-state index in [1.54, 1.807) is 12.4 Å². The lowest BCUT2D eigenvalue weighted by Crippen LogP contribution is -2.06. The number of aromatic nitrogens is 2. The van der Waals surface area contributed by atoms with E-state index in [1.807, 2.05) is 25.3 Å². The van der Waals surface area contributed by atoms with Crippen LogP contribution in [0.5, 0.6) is 0 Å². The van der Waals surface area contributed by atoms with Crippen molar-refractivity contribution in [3.63, 3.8) is 0 Å². The van der Waals surface area contributed by atoms with Gasteiger partial charge in [0.25, 0.3) is 0 Å². The zero-order chi connectivity index (χ0) is 10.8. The van der Waals surface area contributed by atoms with E-state index in [0.717, 1.165) is 16.0 Å². The summed E-state index contributed by atoms with van der Waals surface area (Å²) in [5.74, 6) is 0.175. The Kier molecular flexibility index (Phi) is 2.60. The van der Waals surface area contributed by atoms with E-state index < -0.39 is 0 Å². The summed E-state index contributed by atoms with van der Waals surface area (Å²) in [5.41, 5.74) is 1.93. The number of aryl methyl sites for hydroxylation is 2. The molecule has 2 heterocycles. The Morgan fingerprint density at radius 1 is 1.27 bits per heavy atom. The monoisotopic (exact) mass is 218 g/mol. The highest BCUT2D eigenvalue weighted by molar-refractivity contribution is 7.12. The zero-order valence-corrected chi connectivity index (χ0v) is 9.34. The topological polar surface area (TPSA) is 42.9 Å². The minimum atomic E-state index is -0.0949. The Labute approximate surface area is 91.8 Å². The minimum Gasteiger partial charge on any atom is -0.284 e. The molecule has 2 rings (SSSR count). The predicted molar refractivity (Wildman–Crippen MR) is 59.3 cm³/mol. The summed E-state index contributed by atoms with van der Waals surface area (Å²) in [6, 6.07) is 1.92. The second-order valence-corrected chi connectivity index (χ2v) is 4.26. The number of carbonyl (C=O) groups is 1. The van der Waals surface area contributed by atoms with Crippen molar-refractivity contribution in [3.8, 4) is 0 Å². The molecule has 0 bridgehead atoms. The normalized spacial score (nSPS) is 10.3. The maximum Gasteiger partial charge on any atom is 0.240 e. The molecule has 0 aliphatic carbocycles. The van der Waals surface area contributed by atoms with Gasteiger partial charge in [-0.15, -0.1) is 11.3 Å². The van der Waals surface area contributed by atoms with E-state index in [9.17, 15) is 4.79 Å². The van der Waals surface area contributed by atoms with Crippen molar-refractivity contribution >= 4 is 17.1 Å². The van der Waals surface area contributed by atoms with Crippen molar-refractivity contribution < 1.29 is 4.79 Å². The van der Waals surface area contributed by atoms with E-state index >= 15 is 0 Å². The summed E-state index contributed by atoms with van der Waals surface area (Å²) in [6.07, 6.45) is 3.31. The van der Waals surface area contributed by atoms with Crippen LogP contribution in [0.15, 0.2) is 23.8 Å². The molecular formula is C11H10N2OS. The largest absolute Gasteiger partial charge is 0.284 e. The molecule has 0 atom stereocenters. The van der Waals surface area contributed by atoms with Crippen LogP contribution in [-0.4, -0.2) is 15.8 Å². The number of nitrogens with zero attached hydrogens (tertiary/aromatic N) is 2. The summed E-state index contributed by atoms with van der Waals surface area (Å²) in [6.45, 7) is 3.81. The second-order valence-electron chi connectivity index (χ2n) is 3.35. The fourth-order valence-electron chi connectivity index (χ4n) is 1.22. The van der Waals surface area contributed by atoms with Crippen molar-refractivity contribution in [1.82, 2.24) is 9.97 Å². The second kappa shape index (κ2) is 3.90. The molecule has 2 aromatic rings. The van der Waals surface area contributed by atoms with Gasteiger partial charge in [-0.25, -0.2) is 9.97 Å². The van der Waals surface area contributed by atoms with Gasteiger partial charge >= 0.3 is 0 Å². The Morgan fingerprint density at radius 3 is 2.47 bits per heavy atom. The molecule has 3 nitrogen and oxygen atoms in total. The van der Waals surface area contributed by atoms with Gasteiger partial charge in [0, 0.05) is 12.4 Å². The number of rotatable bonds is 2. The molecule has 4 heteroatoms. The first kappa shape index (κ1) is 9.98. The fraction of sp³-hybridized carbons (Fsp3) is 0.182. The van der Waals surface area contributed by atoms with E-state index in [1.165, 1.54) is 11.3 Å². The number of thiophene rings is 1. The Morgan fingerprint density at radius 2 is 1.93 bits per heavy atom. The van der Waals surface area contributed by atoms with Crippen LogP contribution in [0.4, 0.5) is 0 Å². The lowest BCUT2D eigenvalue weighted by Gasteiger charge is -1.98. The molecule has 76 valence electrons. The van der Waals surface area contributed by atoms with Gasteiger partial charge in [-0.2, -0.15) is 0 Å². The smallest absolute Gasteiger partial charge is 0.240 e. The first-order valence-corrected chi connectivity index (χ1v) is 5.44. The lowest BCUT2D eigenvalue weighted by atomic mass is 10.2. The van der Waals surface area contributed by atoms with Gasteiger partial charge in [0.15, 0.2) is 0 Å². The van der Waals surface area contributed by atoms with Crippen LogP contribution < -0.4 is 0 Å². The summed E-state index contributed by atoms with van der Waals surface area (Å²) in [7, 11) is 0. The molecule has 0 spiro atoms. The van der Waals surface area contributed by atoms with E-state index in [4.69, 9.17) is 0 Å². The summed E-state index contributed by atoms with van der Waals surface area (Å²) in [5, 5.41) is 1.90. The Hall–Kier alpha value is -1.55. The van der Waals surface area contributed by atoms with E-state index in [-0.39, 0.29) is 11.6 Å². The highest BCUT2D eigenvalue weighted by Gasteiger charge is 2.15. The van der Waals surface area contributed by atoms with Crippen LogP contribution >= 0.6 is 11.3 Å². The third-order valence-electron chi connectivity index (χ3n) is 2.05. The van der Waals surface area contributed by atoms with Crippen molar-refractivity contribution in [2.75, 3.05) is 0 Å². The molecule has 0 saturated carbocycles. The van der Waals surface area contributed by atoms with Gasteiger partial charge < -0.3 is 0 Å². The average molecular weight is 218 g/mol. The summed E-state index contributed by atoms with van der Waals surface area (Å²) >= 11 is 1.43. The lowest BCUT2D eigenvalue weighted by molar-refractivity contribution is 0.103. The van der Waals surface area contributed by atoms with Crippen LogP contribution in [0.1, 0.15) is 26.6 Å². The number of hydrogen-bond donors (Lipinski definition) is 0. The predicted octanol–water partition coefficient (Wildman–Crippen LogP) is 2.39. The summed E-state index contributed by atoms with van der Waals surface area (Å²) in [4.78, 5) is 20.7. The van der Waals surface area contributed by atoms with Gasteiger partial charge in [-0.05, 0) is 36.4 Å². The molecule has 15 heavy (non-hydrogen) atoms. The highest BCUT2D eigenvalue weighted by Crippen LogP contribution is 2.18. The first-order chi connectivity index (χ1) is 7.18. The molecule has 0 aliphatic heterocycles. The third-order valence-corrected chi connectivity index (χ3v) is 3.07. The SMILES string of the molecule is Cc1cnc(C(=O)c2sccc2C)nc1. The third kappa shape index (κ3) is 1.94. The average Bonchev–Trinajstić information content (AvgIpc) is 2.65. The van der Waals surface area contributed by atoms with Crippen LogP contribution in [0.2, 0.25) is 0 Å². The van der Waals surface area contributed by atoms with Crippen molar-refractivity contribution in [1.29, 1.82) is 0 Å². The molecule has 0 N–H and O–H groups in total. The van der Waals surface area contributed by atoms with Gasteiger partial charge in [-0.1, -0.05) is 0 Å². The molecule has 0 aliphatic rings. The van der Waals surface area contributed by atoms with Crippen molar-refractivity contribution in [3.05, 3.63) is 45.7 Å². The number of ketones is 1. The maximum absolute atomic E-state index is 11.9. The highest BCUT2D eigenvalue weighted by atomic mass is 32.1. The molecule has 0 radical (unpaired) electrons. The maximum atomic E-state index is 11.9. The quantitative estimate of drug-likeness (QED) is 0.727. The molecule has 0 amide bonds. The van der Waals surface area contributed by atoms with Gasteiger partial charge in [-0.3, -0.25) is 4.79 Å². The van der Waals surface area contributed by atoms with Gasteiger partial charge in [0.1, 0.15) is 0 Å². The molecular weight excluding hydrogens is 208 g/mol. The molecule has 2 aromatic heterocycles. The zero-order valence-electron chi connectivity index (χ0n) is 8.52. The Balaban J connectivity index is 2.37. The van der Waals surface area contributed by atoms with Crippen LogP contribution in [-0.2, 0) is 0 Å². The van der Waals surface area contributed by atoms with Crippen LogP contribution in [0.25, 0.3) is 0 Å². The van der Waals surface area contributed by atoms with Gasteiger partial charge in [0.05, 0.1) is 4.88 Å². The molecule has 0 unspecified atom stereocenters. The van der Waals surface area contributed by atoms with Crippen molar-refractivity contribution in [2.24, 2.45) is 0 Å². The summed E-state index contributed by atoms with van der Waals surface area (Å²) < 4.78 is 0. The van der Waals surface area contributed by atoms with Crippen molar-refractivity contribution in [2.45, 2.75) is 13.8 Å². The number of hydrogen-bond acceptors (Lipinski definition) is 4. The minimum absolute atomic E-state index is 0.0949. The van der Waals surface area contributed by atoms with Crippen LogP contribution in [0, 0.1) is 13.8 Å². The Bertz CT molecular complexity index is 488. The van der Waals surface area contributed by atoms with E-state index in [2.05, 4.69) is 9.97 Å². The number of carbonyl (C=O) groups excluding carboxylic acids is 1. The molecule has 0 fully saturated rings.